The van der Waals surface area contributed by atoms with E-state index >= 15 is 0 Å². The molecule has 4 heteroatoms. The van der Waals surface area contributed by atoms with Gasteiger partial charge in [0.25, 0.3) is 0 Å². The normalized spacial score (nSPS) is 10.2. The van der Waals surface area contributed by atoms with Crippen molar-refractivity contribution in [2.45, 2.75) is 33.6 Å². The lowest BCUT2D eigenvalue weighted by Crippen LogP contribution is -2.25. The Bertz CT molecular complexity index is 388. The predicted molar refractivity (Wildman–Crippen MR) is 64.4 cm³/mol. The van der Waals surface area contributed by atoms with Crippen LogP contribution in [0.1, 0.15) is 45.0 Å². The van der Waals surface area contributed by atoms with Gasteiger partial charge in [0.1, 0.15) is 11.8 Å². The van der Waals surface area contributed by atoms with Crippen LogP contribution in [0.15, 0.2) is 6.07 Å². The second kappa shape index (κ2) is 5.45. The Morgan fingerprint density at radius 2 is 1.94 bits per heavy atom. The summed E-state index contributed by atoms with van der Waals surface area (Å²) in [7, 11) is 0. The fraction of sp³-hybridized carbons (Fsp3) is 0.583. The third-order valence-electron chi connectivity index (χ3n) is 2.49. The summed E-state index contributed by atoms with van der Waals surface area (Å²) in [6, 6.07) is 3.85. The lowest BCUT2D eigenvalue weighted by molar-refractivity contribution is 0.771. The molecule has 1 aromatic heterocycles. The highest BCUT2D eigenvalue weighted by Crippen LogP contribution is 2.16. The zero-order chi connectivity index (χ0) is 12.1. The molecule has 0 bridgehead atoms. The average Bonchev–Trinajstić information content (AvgIpc) is 2.30. The van der Waals surface area contributed by atoms with Crippen LogP contribution in [0.4, 0.5) is 5.95 Å². The van der Waals surface area contributed by atoms with Crippen molar-refractivity contribution in [1.82, 2.24) is 9.97 Å². The molecule has 4 nitrogen and oxygen atoms in total. The number of anilines is 1. The molecule has 0 aliphatic heterocycles. The highest BCUT2D eigenvalue weighted by molar-refractivity contribution is 5.36. The fourth-order valence-electron chi connectivity index (χ4n) is 1.45. The van der Waals surface area contributed by atoms with Crippen molar-refractivity contribution in [3.8, 4) is 6.07 Å². The molecule has 0 radical (unpaired) electrons. The molecule has 0 N–H and O–H groups in total. The quantitative estimate of drug-likeness (QED) is 0.778. The molecule has 1 aromatic rings. The maximum atomic E-state index is 8.94. The topological polar surface area (TPSA) is 52.8 Å². The Hall–Kier alpha value is -1.63. The van der Waals surface area contributed by atoms with Crippen molar-refractivity contribution in [1.29, 1.82) is 5.26 Å². The molecule has 0 spiro atoms. The largest absolute Gasteiger partial charge is 0.341 e. The summed E-state index contributed by atoms with van der Waals surface area (Å²) in [5.41, 5.74) is 1.37. The molecule has 0 fully saturated rings. The number of nitrogens with zero attached hydrogens (tertiary/aromatic N) is 4. The number of hydrogen-bond donors (Lipinski definition) is 0. The molecule has 0 saturated heterocycles. The second-order valence-electron chi connectivity index (χ2n) is 3.92. The average molecular weight is 218 g/mol. The molecule has 0 amide bonds. The number of aromatic nitrogens is 2. The molecule has 0 aliphatic carbocycles. The van der Waals surface area contributed by atoms with Gasteiger partial charge in [0.2, 0.25) is 5.95 Å². The summed E-state index contributed by atoms with van der Waals surface area (Å²) in [4.78, 5) is 10.8. The van der Waals surface area contributed by atoms with Crippen LogP contribution in [0.3, 0.4) is 0 Å². The van der Waals surface area contributed by atoms with Crippen molar-refractivity contribution in [3.05, 3.63) is 17.5 Å². The number of hydrogen-bond acceptors (Lipinski definition) is 4. The molecule has 1 rings (SSSR count). The molecule has 1 heterocycles. The Kier molecular flexibility index (Phi) is 4.24. The van der Waals surface area contributed by atoms with E-state index in [0.29, 0.717) is 17.6 Å². The van der Waals surface area contributed by atoms with Gasteiger partial charge in [-0.2, -0.15) is 5.26 Å². The lowest BCUT2D eigenvalue weighted by Gasteiger charge is -2.19. The molecule has 0 atom stereocenters. The van der Waals surface area contributed by atoms with Crippen molar-refractivity contribution in [2.75, 3.05) is 18.0 Å². The zero-order valence-electron chi connectivity index (χ0n) is 10.4. The highest BCUT2D eigenvalue weighted by Gasteiger charge is 2.11. The first kappa shape index (κ1) is 12.4. The van der Waals surface area contributed by atoms with Gasteiger partial charge in [-0.3, -0.25) is 0 Å². The first-order valence-electron chi connectivity index (χ1n) is 5.66. The van der Waals surface area contributed by atoms with Gasteiger partial charge in [-0.1, -0.05) is 13.8 Å². The van der Waals surface area contributed by atoms with Crippen molar-refractivity contribution in [3.63, 3.8) is 0 Å². The van der Waals surface area contributed by atoms with E-state index < -0.39 is 0 Å². The minimum atomic E-state index is 0.310. The van der Waals surface area contributed by atoms with Gasteiger partial charge in [-0.15, -0.1) is 0 Å². The van der Waals surface area contributed by atoms with Crippen molar-refractivity contribution < 1.29 is 0 Å². The van der Waals surface area contributed by atoms with Gasteiger partial charge in [-0.05, 0) is 25.8 Å². The van der Waals surface area contributed by atoms with Crippen molar-refractivity contribution in [2.24, 2.45) is 0 Å². The van der Waals surface area contributed by atoms with E-state index in [1.807, 2.05) is 4.90 Å². The number of rotatable bonds is 4. The van der Waals surface area contributed by atoms with E-state index in [1.54, 1.807) is 6.07 Å². The van der Waals surface area contributed by atoms with Gasteiger partial charge in [0.15, 0.2) is 0 Å². The van der Waals surface area contributed by atoms with Crippen LogP contribution < -0.4 is 4.90 Å². The minimum absolute atomic E-state index is 0.310. The summed E-state index contributed by atoms with van der Waals surface area (Å²) < 4.78 is 0. The van der Waals surface area contributed by atoms with E-state index in [0.717, 1.165) is 18.8 Å². The zero-order valence-corrected chi connectivity index (χ0v) is 10.4. The van der Waals surface area contributed by atoms with Crippen LogP contribution in [0, 0.1) is 11.3 Å². The summed E-state index contributed by atoms with van der Waals surface area (Å²) in [5, 5.41) is 8.94. The fourth-order valence-corrected chi connectivity index (χ4v) is 1.45. The lowest BCUT2D eigenvalue weighted by atomic mass is 10.1. The molecule has 0 saturated carbocycles. The maximum Gasteiger partial charge on any atom is 0.226 e. The molecular weight excluding hydrogens is 200 g/mol. The van der Waals surface area contributed by atoms with Crippen LogP contribution in [-0.2, 0) is 0 Å². The molecule has 0 unspecified atom stereocenters. The Balaban J connectivity index is 3.19. The van der Waals surface area contributed by atoms with Gasteiger partial charge < -0.3 is 4.90 Å². The maximum absolute atomic E-state index is 8.94. The van der Waals surface area contributed by atoms with Crippen LogP contribution >= 0.6 is 0 Å². The molecule has 16 heavy (non-hydrogen) atoms. The van der Waals surface area contributed by atoms with E-state index in [-0.39, 0.29) is 0 Å². The molecule has 0 aliphatic rings. The summed E-state index contributed by atoms with van der Waals surface area (Å²) in [6.07, 6.45) is 0. The first-order chi connectivity index (χ1) is 7.62. The van der Waals surface area contributed by atoms with Crippen LogP contribution in [0.2, 0.25) is 0 Å². The van der Waals surface area contributed by atoms with Crippen LogP contribution in [-0.4, -0.2) is 23.1 Å². The van der Waals surface area contributed by atoms with Gasteiger partial charge in [-0.25, -0.2) is 9.97 Å². The summed E-state index contributed by atoms with van der Waals surface area (Å²) in [6.45, 7) is 9.94. The second-order valence-corrected chi connectivity index (χ2v) is 3.92. The summed E-state index contributed by atoms with van der Waals surface area (Å²) >= 11 is 0. The predicted octanol–water partition coefficient (Wildman–Crippen LogP) is 2.32. The van der Waals surface area contributed by atoms with Crippen LogP contribution in [0.25, 0.3) is 0 Å². The van der Waals surface area contributed by atoms with E-state index in [4.69, 9.17) is 5.26 Å². The smallest absolute Gasteiger partial charge is 0.226 e. The molecule has 0 aromatic carbocycles. The Morgan fingerprint density at radius 3 is 2.38 bits per heavy atom. The third-order valence-corrected chi connectivity index (χ3v) is 2.49. The molecular formula is C12H18N4. The van der Waals surface area contributed by atoms with E-state index in [9.17, 15) is 0 Å². The standard InChI is InChI=1S/C12H18N4/c1-5-16(6-2)12-14-10(8-13)7-11(15-12)9(3)4/h7,9H,5-6H2,1-4H3. The first-order valence-corrected chi connectivity index (χ1v) is 5.66. The van der Waals surface area contributed by atoms with E-state index in [1.165, 1.54) is 0 Å². The highest BCUT2D eigenvalue weighted by atomic mass is 15.2. The number of nitriles is 1. The van der Waals surface area contributed by atoms with Crippen molar-refractivity contribution >= 4 is 5.95 Å². The summed E-state index contributed by atoms with van der Waals surface area (Å²) in [5.74, 6) is 0.970. The third kappa shape index (κ3) is 2.69. The SMILES string of the molecule is CCN(CC)c1nc(C#N)cc(C(C)C)n1. The monoisotopic (exact) mass is 218 g/mol. The Labute approximate surface area is 96.9 Å². The van der Waals surface area contributed by atoms with E-state index in [2.05, 4.69) is 43.7 Å². The van der Waals surface area contributed by atoms with Gasteiger partial charge >= 0.3 is 0 Å². The van der Waals surface area contributed by atoms with Gasteiger partial charge in [0, 0.05) is 18.8 Å². The molecule has 86 valence electrons. The van der Waals surface area contributed by atoms with Crippen LogP contribution in [0.5, 0.6) is 0 Å². The van der Waals surface area contributed by atoms with Gasteiger partial charge in [0.05, 0.1) is 0 Å². The Morgan fingerprint density at radius 1 is 1.31 bits per heavy atom. The minimum Gasteiger partial charge on any atom is -0.341 e.